The fourth-order valence-corrected chi connectivity index (χ4v) is 5.73. The highest BCUT2D eigenvalue weighted by atomic mass is 32.1. The maximum Gasteiger partial charge on any atom is 0.343 e. The van der Waals surface area contributed by atoms with Crippen molar-refractivity contribution in [2.45, 2.75) is 46.8 Å². The molecule has 234 valence electrons. The van der Waals surface area contributed by atoms with E-state index in [9.17, 15) is 14.4 Å². The molecular formula is C32H36N2O9S. The summed E-state index contributed by atoms with van der Waals surface area (Å²) in [6.07, 6.45) is 1.61. The number of hydrogen-bond acceptors (Lipinski definition) is 11. The van der Waals surface area contributed by atoms with Crippen LogP contribution in [-0.4, -0.2) is 56.6 Å². The van der Waals surface area contributed by atoms with Crippen molar-refractivity contribution in [3.05, 3.63) is 78.5 Å². The molecule has 3 aromatic rings. The van der Waals surface area contributed by atoms with Gasteiger partial charge >= 0.3 is 11.9 Å². The number of aromatic nitrogens is 1. The minimum absolute atomic E-state index is 0.131. The van der Waals surface area contributed by atoms with E-state index < -0.39 is 18.0 Å². The second-order valence-electron chi connectivity index (χ2n) is 9.85. The molecule has 0 saturated heterocycles. The lowest BCUT2D eigenvalue weighted by molar-refractivity contribution is -0.143. The zero-order valence-corrected chi connectivity index (χ0v) is 26.6. The SMILES string of the molecule is CCOC(=O)C1=C(C)N=c2s/c(=C/c3cccc(OC)c3OC(C)C)c(=O)n2[C@@H]1c1ccc(OCC(=O)OC)c(OCC)c1. The molecular weight excluding hydrogens is 588 g/mol. The highest BCUT2D eigenvalue weighted by molar-refractivity contribution is 7.07. The fraction of sp³-hybridized carbons (Fsp3) is 0.375. The number of methoxy groups -OCH3 is 2. The van der Waals surface area contributed by atoms with Crippen LogP contribution in [0.2, 0.25) is 0 Å². The number of hydrogen-bond donors (Lipinski definition) is 0. The lowest BCUT2D eigenvalue weighted by atomic mass is 9.95. The van der Waals surface area contributed by atoms with Gasteiger partial charge in [0.15, 0.2) is 34.4 Å². The summed E-state index contributed by atoms with van der Waals surface area (Å²) in [5.41, 5.74) is 1.52. The Morgan fingerprint density at radius 2 is 1.82 bits per heavy atom. The topological polar surface area (TPSA) is 124 Å². The van der Waals surface area contributed by atoms with E-state index in [1.807, 2.05) is 32.9 Å². The summed E-state index contributed by atoms with van der Waals surface area (Å²) in [5.74, 6) is 0.557. The van der Waals surface area contributed by atoms with E-state index in [4.69, 9.17) is 23.7 Å². The Bertz CT molecular complexity index is 1750. The first-order chi connectivity index (χ1) is 21.1. The Morgan fingerprint density at radius 3 is 2.48 bits per heavy atom. The van der Waals surface area contributed by atoms with Gasteiger partial charge in [-0.3, -0.25) is 9.36 Å². The molecule has 1 aromatic heterocycles. The van der Waals surface area contributed by atoms with Gasteiger partial charge < -0.3 is 28.4 Å². The molecule has 0 radical (unpaired) electrons. The number of fused-ring (bicyclic) bond motifs is 1. The molecule has 0 saturated carbocycles. The van der Waals surface area contributed by atoms with Crippen LogP contribution in [0.25, 0.3) is 6.08 Å². The quantitative estimate of drug-likeness (QED) is 0.278. The van der Waals surface area contributed by atoms with Gasteiger partial charge in [0, 0.05) is 5.56 Å². The van der Waals surface area contributed by atoms with Crippen molar-refractivity contribution in [1.82, 2.24) is 4.57 Å². The summed E-state index contributed by atoms with van der Waals surface area (Å²) in [6.45, 7) is 9.19. The second-order valence-corrected chi connectivity index (χ2v) is 10.9. The van der Waals surface area contributed by atoms with E-state index in [-0.39, 0.29) is 30.5 Å². The number of para-hydroxylation sites is 1. The number of carbonyl (C=O) groups excluding carboxylic acids is 2. The van der Waals surface area contributed by atoms with Crippen molar-refractivity contribution in [2.75, 3.05) is 34.0 Å². The van der Waals surface area contributed by atoms with Crippen molar-refractivity contribution >= 4 is 29.4 Å². The lowest BCUT2D eigenvalue weighted by Crippen LogP contribution is -2.40. The standard InChI is InChI=1S/C32H36N2O9S/c1-8-40-24-15-20(13-14-22(24)42-17-26(35)39-7)28-27(31(37)41-9-2)19(5)33-32-34(28)30(36)25(44-32)16-21-11-10-12-23(38-6)29(21)43-18(3)4/h10-16,18,28H,8-9,17H2,1-7H3/b25-16+/t28-/m1/s1. The van der Waals surface area contributed by atoms with E-state index in [1.54, 1.807) is 51.3 Å². The van der Waals surface area contributed by atoms with Gasteiger partial charge in [-0.1, -0.05) is 29.5 Å². The maximum absolute atomic E-state index is 14.1. The van der Waals surface area contributed by atoms with Crippen LogP contribution >= 0.6 is 11.3 Å². The van der Waals surface area contributed by atoms with E-state index in [0.717, 1.165) is 0 Å². The summed E-state index contributed by atoms with van der Waals surface area (Å²) in [5, 5.41) is 0. The van der Waals surface area contributed by atoms with E-state index in [0.29, 0.717) is 55.8 Å². The molecule has 0 spiro atoms. The zero-order valence-electron chi connectivity index (χ0n) is 25.8. The smallest absolute Gasteiger partial charge is 0.343 e. The molecule has 12 heteroatoms. The second kappa shape index (κ2) is 14.3. The number of esters is 2. The predicted octanol–water partition coefficient (Wildman–Crippen LogP) is 3.54. The highest BCUT2D eigenvalue weighted by Crippen LogP contribution is 2.37. The van der Waals surface area contributed by atoms with Crippen LogP contribution in [0.15, 0.2) is 57.5 Å². The summed E-state index contributed by atoms with van der Waals surface area (Å²) >= 11 is 1.20. The summed E-state index contributed by atoms with van der Waals surface area (Å²) in [4.78, 5) is 44.2. The van der Waals surface area contributed by atoms with Crippen molar-refractivity contribution in [2.24, 2.45) is 4.99 Å². The van der Waals surface area contributed by atoms with Gasteiger partial charge in [0.05, 0.1) is 55.4 Å². The molecule has 2 heterocycles. The molecule has 44 heavy (non-hydrogen) atoms. The van der Waals surface area contributed by atoms with Crippen molar-refractivity contribution in [3.63, 3.8) is 0 Å². The average molecular weight is 625 g/mol. The van der Waals surface area contributed by atoms with Crippen LogP contribution in [0.1, 0.15) is 51.8 Å². The lowest BCUT2D eigenvalue weighted by Gasteiger charge is -2.25. The van der Waals surface area contributed by atoms with Gasteiger partial charge in [-0.05, 0) is 64.5 Å². The Morgan fingerprint density at radius 1 is 1.05 bits per heavy atom. The minimum Gasteiger partial charge on any atom is -0.493 e. The first kappa shape index (κ1) is 32.3. The number of rotatable bonds is 12. The number of thiazole rings is 1. The van der Waals surface area contributed by atoms with Crippen LogP contribution in [-0.2, 0) is 19.1 Å². The number of nitrogens with zero attached hydrogens (tertiary/aromatic N) is 2. The molecule has 0 N–H and O–H groups in total. The zero-order chi connectivity index (χ0) is 32.0. The molecule has 4 rings (SSSR count). The van der Waals surface area contributed by atoms with Gasteiger partial charge in [-0.25, -0.2) is 14.6 Å². The number of carbonyl (C=O) groups is 2. The minimum atomic E-state index is -0.877. The van der Waals surface area contributed by atoms with Crippen LogP contribution in [0, 0.1) is 0 Å². The van der Waals surface area contributed by atoms with Crippen LogP contribution < -0.4 is 33.8 Å². The molecule has 0 unspecified atom stereocenters. The normalized spacial score (nSPS) is 14.5. The molecule has 0 amide bonds. The van der Waals surface area contributed by atoms with Crippen LogP contribution in [0.3, 0.4) is 0 Å². The van der Waals surface area contributed by atoms with E-state index >= 15 is 0 Å². The third kappa shape index (κ3) is 6.80. The Hall–Kier alpha value is -4.58. The van der Waals surface area contributed by atoms with Crippen molar-refractivity contribution < 1.29 is 38.0 Å². The average Bonchev–Trinajstić information content (AvgIpc) is 3.30. The van der Waals surface area contributed by atoms with Crippen molar-refractivity contribution in [3.8, 4) is 23.0 Å². The van der Waals surface area contributed by atoms with Gasteiger partial charge in [0.25, 0.3) is 5.56 Å². The maximum atomic E-state index is 14.1. The highest BCUT2D eigenvalue weighted by Gasteiger charge is 2.34. The summed E-state index contributed by atoms with van der Waals surface area (Å²) in [7, 11) is 2.83. The molecule has 2 aromatic carbocycles. The van der Waals surface area contributed by atoms with E-state index in [1.165, 1.54) is 23.0 Å². The Kier molecular flexibility index (Phi) is 10.5. The van der Waals surface area contributed by atoms with Crippen molar-refractivity contribution in [1.29, 1.82) is 0 Å². The van der Waals surface area contributed by atoms with Crippen LogP contribution in [0.5, 0.6) is 23.0 Å². The molecule has 11 nitrogen and oxygen atoms in total. The first-order valence-corrected chi connectivity index (χ1v) is 14.9. The molecule has 0 fully saturated rings. The summed E-state index contributed by atoms with van der Waals surface area (Å²) in [6, 6.07) is 9.60. The fourth-order valence-electron chi connectivity index (χ4n) is 4.70. The largest absolute Gasteiger partial charge is 0.493 e. The number of benzene rings is 2. The molecule has 0 aliphatic carbocycles. The number of allylic oxidation sites excluding steroid dienone is 1. The predicted molar refractivity (Wildman–Crippen MR) is 164 cm³/mol. The molecule has 1 aliphatic heterocycles. The van der Waals surface area contributed by atoms with Gasteiger partial charge in [-0.15, -0.1) is 0 Å². The number of ether oxygens (including phenoxy) is 6. The van der Waals surface area contributed by atoms with Gasteiger partial charge in [0.2, 0.25) is 0 Å². The third-order valence-corrected chi connectivity index (χ3v) is 7.53. The van der Waals surface area contributed by atoms with Gasteiger partial charge in [0.1, 0.15) is 0 Å². The third-order valence-electron chi connectivity index (χ3n) is 6.54. The molecule has 1 atom stereocenters. The summed E-state index contributed by atoms with van der Waals surface area (Å²) < 4.78 is 35.0. The van der Waals surface area contributed by atoms with Gasteiger partial charge in [-0.2, -0.15) is 0 Å². The Balaban J connectivity index is 1.93. The van der Waals surface area contributed by atoms with Crippen LogP contribution in [0.4, 0.5) is 0 Å². The monoisotopic (exact) mass is 624 g/mol. The van der Waals surface area contributed by atoms with E-state index in [2.05, 4.69) is 9.73 Å². The first-order valence-electron chi connectivity index (χ1n) is 14.1. The Labute approximate surface area is 258 Å². The molecule has 0 bridgehead atoms. The molecule has 1 aliphatic rings.